The van der Waals surface area contributed by atoms with Gasteiger partial charge in [-0.05, 0) is 49.7 Å². The van der Waals surface area contributed by atoms with Gasteiger partial charge in [-0.25, -0.2) is 0 Å². The van der Waals surface area contributed by atoms with Crippen LogP contribution in [0.1, 0.15) is 19.4 Å². The summed E-state index contributed by atoms with van der Waals surface area (Å²) in [5, 5.41) is 12.0. The fraction of sp³-hybridized carbons (Fsp3) is 0.294. The third kappa shape index (κ3) is 2.68. The van der Waals surface area contributed by atoms with Gasteiger partial charge in [-0.1, -0.05) is 18.2 Å². The summed E-state index contributed by atoms with van der Waals surface area (Å²) in [4.78, 5) is 14.7. The van der Waals surface area contributed by atoms with Crippen molar-refractivity contribution in [3.63, 3.8) is 0 Å². The van der Waals surface area contributed by atoms with Crippen LogP contribution in [0.5, 0.6) is 0 Å². The number of pyridine rings is 1. The lowest BCUT2D eigenvalue weighted by atomic mass is 10.1. The zero-order chi connectivity index (χ0) is 15.7. The maximum absolute atomic E-state index is 12.8. The second kappa shape index (κ2) is 6.01. The molecule has 0 saturated heterocycles. The molecular formula is C17H18N2O2S. The van der Waals surface area contributed by atoms with Crippen molar-refractivity contribution in [3.8, 4) is 0 Å². The maximum atomic E-state index is 12.8. The molecule has 0 radical (unpaired) electrons. The standard InChI is InChI=1S/C17H18N2O2S/c1-12-11-14-7-3-4-8-15(14)19(12)17(20)13(2)22-16-9-5-6-10-18(16)21/h3-10,12-13H,11H2,1-2H3/t12-,13+/m0/s1. The Bertz CT molecular complexity index is 705. The second-order valence-electron chi connectivity index (χ2n) is 5.51. The predicted molar refractivity (Wildman–Crippen MR) is 87.8 cm³/mol. The van der Waals surface area contributed by atoms with Crippen LogP contribution in [0, 0.1) is 5.21 Å². The first-order chi connectivity index (χ1) is 10.6. The van der Waals surface area contributed by atoms with E-state index in [1.54, 1.807) is 12.1 Å². The summed E-state index contributed by atoms with van der Waals surface area (Å²) < 4.78 is 0.801. The quantitative estimate of drug-likeness (QED) is 0.497. The molecule has 1 aliphatic rings. The minimum Gasteiger partial charge on any atom is -0.618 e. The molecule has 0 fully saturated rings. The lowest BCUT2D eigenvalue weighted by molar-refractivity contribution is -0.645. The predicted octanol–water partition coefficient (Wildman–Crippen LogP) is 2.78. The molecule has 2 atom stereocenters. The van der Waals surface area contributed by atoms with Crippen molar-refractivity contribution >= 4 is 23.4 Å². The number of thioether (sulfide) groups is 1. The van der Waals surface area contributed by atoms with Crippen LogP contribution in [0.2, 0.25) is 0 Å². The number of carbonyl (C=O) groups is 1. The zero-order valence-corrected chi connectivity index (χ0v) is 13.4. The van der Waals surface area contributed by atoms with Gasteiger partial charge in [0, 0.05) is 23.9 Å². The summed E-state index contributed by atoms with van der Waals surface area (Å²) in [6.07, 6.45) is 2.33. The SMILES string of the molecule is C[C@@H](Sc1cccc[n+]1[O-])C(=O)N1c2ccccc2C[C@@H]1C. The van der Waals surface area contributed by atoms with E-state index in [4.69, 9.17) is 0 Å². The molecule has 5 heteroatoms. The van der Waals surface area contributed by atoms with Crippen molar-refractivity contribution in [2.24, 2.45) is 0 Å². The molecule has 2 aromatic rings. The Balaban J connectivity index is 1.81. The highest BCUT2D eigenvalue weighted by atomic mass is 32.2. The first-order valence-corrected chi connectivity index (χ1v) is 8.21. The highest BCUT2D eigenvalue weighted by Crippen LogP contribution is 2.34. The zero-order valence-electron chi connectivity index (χ0n) is 12.6. The molecule has 1 aromatic heterocycles. The molecule has 1 amide bonds. The van der Waals surface area contributed by atoms with E-state index < -0.39 is 0 Å². The van der Waals surface area contributed by atoms with Crippen molar-refractivity contribution < 1.29 is 9.52 Å². The summed E-state index contributed by atoms with van der Waals surface area (Å²) in [6.45, 7) is 3.92. The van der Waals surface area contributed by atoms with Crippen molar-refractivity contribution in [2.75, 3.05) is 4.90 Å². The van der Waals surface area contributed by atoms with Gasteiger partial charge in [0.1, 0.15) is 0 Å². The molecule has 2 heterocycles. The van der Waals surface area contributed by atoms with Crippen molar-refractivity contribution in [1.29, 1.82) is 0 Å². The van der Waals surface area contributed by atoms with Crippen LogP contribution in [-0.2, 0) is 11.2 Å². The summed E-state index contributed by atoms with van der Waals surface area (Å²) in [5.74, 6) is 0.0475. The summed E-state index contributed by atoms with van der Waals surface area (Å²) in [5.41, 5.74) is 2.20. The van der Waals surface area contributed by atoms with Crippen molar-refractivity contribution in [3.05, 3.63) is 59.4 Å². The molecule has 114 valence electrons. The molecule has 0 spiro atoms. The largest absolute Gasteiger partial charge is 0.618 e. The molecule has 22 heavy (non-hydrogen) atoms. The first kappa shape index (κ1) is 14.9. The molecule has 4 nitrogen and oxygen atoms in total. The number of benzene rings is 1. The monoisotopic (exact) mass is 314 g/mol. The number of nitrogens with zero attached hydrogens (tertiary/aromatic N) is 2. The summed E-state index contributed by atoms with van der Waals surface area (Å²) in [6, 6.07) is 13.4. The Hall–Kier alpha value is -2.01. The molecule has 0 unspecified atom stereocenters. The van der Waals surface area contributed by atoms with Gasteiger partial charge in [0.05, 0.1) is 5.25 Å². The normalized spacial score (nSPS) is 18.1. The third-order valence-electron chi connectivity index (χ3n) is 3.88. The van der Waals surface area contributed by atoms with Gasteiger partial charge in [-0.2, -0.15) is 4.73 Å². The fourth-order valence-corrected chi connectivity index (χ4v) is 3.73. The summed E-state index contributed by atoms with van der Waals surface area (Å²) >= 11 is 1.30. The lowest BCUT2D eigenvalue weighted by Crippen LogP contribution is -2.41. The van der Waals surface area contributed by atoms with Crippen LogP contribution in [0.15, 0.2) is 53.7 Å². The lowest BCUT2D eigenvalue weighted by Gasteiger charge is -2.25. The number of hydrogen-bond donors (Lipinski definition) is 0. The molecule has 0 aliphatic carbocycles. The van der Waals surface area contributed by atoms with Gasteiger partial charge in [0.25, 0.3) is 5.03 Å². The number of fused-ring (bicyclic) bond motifs is 1. The van der Waals surface area contributed by atoms with Gasteiger partial charge in [0.15, 0.2) is 6.20 Å². The highest BCUT2D eigenvalue weighted by molar-refractivity contribution is 8.00. The van der Waals surface area contributed by atoms with E-state index >= 15 is 0 Å². The number of rotatable bonds is 3. The van der Waals surface area contributed by atoms with Gasteiger partial charge >= 0.3 is 0 Å². The Morgan fingerprint density at radius 3 is 2.82 bits per heavy atom. The molecule has 3 rings (SSSR count). The van der Waals surface area contributed by atoms with Gasteiger partial charge < -0.3 is 10.1 Å². The average molecular weight is 314 g/mol. The van der Waals surface area contributed by atoms with E-state index in [2.05, 4.69) is 13.0 Å². The topological polar surface area (TPSA) is 47.2 Å². The van der Waals surface area contributed by atoms with E-state index in [9.17, 15) is 10.0 Å². The van der Waals surface area contributed by atoms with Crippen LogP contribution < -0.4 is 9.63 Å². The number of aromatic nitrogens is 1. The van der Waals surface area contributed by atoms with Crippen LogP contribution in [-0.4, -0.2) is 17.2 Å². The van der Waals surface area contributed by atoms with E-state index in [1.165, 1.54) is 23.5 Å². The van der Waals surface area contributed by atoms with Crippen LogP contribution >= 0.6 is 11.8 Å². The first-order valence-electron chi connectivity index (χ1n) is 7.33. The van der Waals surface area contributed by atoms with E-state index in [0.29, 0.717) is 5.03 Å². The number of hydrogen-bond acceptors (Lipinski definition) is 3. The van der Waals surface area contributed by atoms with Crippen LogP contribution in [0.3, 0.4) is 0 Å². The number of anilines is 1. The average Bonchev–Trinajstić information content (AvgIpc) is 2.84. The minimum absolute atomic E-state index is 0.0475. The van der Waals surface area contributed by atoms with Crippen molar-refractivity contribution in [1.82, 2.24) is 0 Å². The summed E-state index contributed by atoms with van der Waals surface area (Å²) in [7, 11) is 0. The van der Waals surface area contributed by atoms with E-state index in [1.807, 2.05) is 36.1 Å². The maximum Gasteiger partial charge on any atom is 0.252 e. The number of amides is 1. The molecule has 1 aliphatic heterocycles. The van der Waals surface area contributed by atoms with Gasteiger partial charge in [-0.15, -0.1) is 0 Å². The van der Waals surface area contributed by atoms with Gasteiger partial charge in [-0.3, -0.25) is 4.79 Å². The number of para-hydroxylation sites is 1. The van der Waals surface area contributed by atoms with Gasteiger partial charge in [0.2, 0.25) is 5.91 Å². The molecule has 1 aromatic carbocycles. The molecule has 0 bridgehead atoms. The Labute approximate surface area is 134 Å². The Morgan fingerprint density at radius 2 is 2.05 bits per heavy atom. The minimum atomic E-state index is -0.309. The van der Waals surface area contributed by atoms with Crippen LogP contribution in [0.25, 0.3) is 0 Å². The van der Waals surface area contributed by atoms with Crippen LogP contribution in [0.4, 0.5) is 5.69 Å². The third-order valence-corrected chi connectivity index (χ3v) is 4.99. The van der Waals surface area contributed by atoms with Crippen molar-refractivity contribution in [2.45, 2.75) is 36.6 Å². The molecule has 0 saturated carbocycles. The second-order valence-corrected chi connectivity index (χ2v) is 6.88. The highest BCUT2D eigenvalue weighted by Gasteiger charge is 2.34. The van der Waals surface area contributed by atoms with E-state index in [-0.39, 0.29) is 17.2 Å². The van der Waals surface area contributed by atoms with E-state index in [0.717, 1.165) is 16.8 Å². The molecular weight excluding hydrogens is 296 g/mol. The number of carbonyl (C=O) groups excluding carboxylic acids is 1. The Morgan fingerprint density at radius 1 is 1.32 bits per heavy atom. The molecule has 0 N–H and O–H groups in total. The Kier molecular flexibility index (Phi) is 4.07. The fourth-order valence-electron chi connectivity index (χ4n) is 2.83. The smallest absolute Gasteiger partial charge is 0.252 e.